The van der Waals surface area contributed by atoms with E-state index < -0.39 is 6.29 Å². The third-order valence-corrected chi connectivity index (χ3v) is 3.55. The van der Waals surface area contributed by atoms with Gasteiger partial charge in [0.15, 0.2) is 0 Å². The van der Waals surface area contributed by atoms with Crippen LogP contribution in [-0.2, 0) is 4.74 Å². The Bertz CT molecular complexity index is 680. The van der Waals surface area contributed by atoms with Gasteiger partial charge >= 0.3 is 0 Å². The van der Waals surface area contributed by atoms with Crippen LogP contribution in [0.25, 0.3) is 5.57 Å². The molecule has 0 amide bonds. The van der Waals surface area contributed by atoms with Crippen molar-refractivity contribution in [2.75, 3.05) is 13.7 Å². The van der Waals surface area contributed by atoms with Crippen molar-refractivity contribution in [2.45, 2.75) is 26.6 Å². The third-order valence-electron chi connectivity index (χ3n) is 3.25. The summed E-state index contributed by atoms with van der Waals surface area (Å²) in [5.74, 6) is 0.867. The van der Waals surface area contributed by atoms with Crippen LogP contribution < -0.4 is 4.74 Å². The second-order valence-corrected chi connectivity index (χ2v) is 5.60. The first kappa shape index (κ1) is 21.0. The van der Waals surface area contributed by atoms with Crippen LogP contribution in [0.4, 0.5) is 0 Å². The summed E-state index contributed by atoms with van der Waals surface area (Å²) in [7, 11) is 1.52. The molecule has 1 unspecified atom stereocenters. The van der Waals surface area contributed by atoms with Gasteiger partial charge in [0, 0.05) is 30.0 Å². The first-order chi connectivity index (χ1) is 11.9. The Morgan fingerprint density at radius 1 is 1.44 bits per heavy atom. The number of ether oxygens (including phenoxy) is 2. The average molecular weight is 366 g/mol. The van der Waals surface area contributed by atoms with Crippen LogP contribution in [0.5, 0.6) is 5.75 Å². The molecule has 0 radical (unpaired) electrons. The van der Waals surface area contributed by atoms with Gasteiger partial charge < -0.3 is 19.7 Å². The highest BCUT2D eigenvalue weighted by molar-refractivity contribution is 6.32. The van der Waals surface area contributed by atoms with Crippen molar-refractivity contribution in [1.82, 2.24) is 0 Å². The fourth-order valence-corrected chi connectivity index (χ4v) is 2.48. The lowest BCUT2D eigenvalue weighted by molar-refractivity contribution is -0.0196. The molecule has 0 aromatic heterocycles. The Morgan fingerprint density at radius 2 is 2.16 bits per heavy atom. The van der Waals surface area contributed by atoms with E-state index in [2.05, 4.69) is 11.6 Å². The molecule has 1 rings (SSSR count). The zero-order valence-electron chi connectivity index (χ0n) is 14.7. The number of nitrogens with zero attached hydrogens (tertiary/aromatic N) is 1. The fraction of sp³-hybridized carbons (Fsp3) is 0.316. The molecular weight excluding hydrogens is 342 g/mol. The summed E-state index contributed by atoms with van der Waals surface area (Å²) in [4.78, 5) is 4.02. The molecule has 1 atom stereocenters. The Labute approximate surface area is 153 Å². The summed E-state index contributed by atoms with van der Waals surface area (Å²) < 4.78 is 10.8. The minimum atomic E-state index is -1.35. The molecule has 0 fully saturated rings. The van der Waals surface area contributed by atoms with Gasteiger partial charge in [-0.15, -0.1) is 0 Å². The van der Waals surface area contributed by atoms with Crippen LogP contribution in [0.1, 0.15) is 24.5 Å². The minimum Gasteiger partial charge on any atom is -0.496 e. The van der Waals surface area contributed by atoms with Crippen LogP contribution in [0.2, 0.25) is 5.02 Å². The second-order valence-electron chi connectivity index (χ2n) is 5.19. The number of halogens is 1. The second kappa shape index (κ2) is 10.7. The standard InChI is InChI=1S/C19H24ClNO4/c1-5-8-21-9-6-15(7-10-22)25-19(23)14(3)18-16(20)11-13(2)12-17(18)24-4/h5,7-9,11-12,19,22-23H,3,6,10H2,1-2,4H3/b8-5-,15-7-,21-9?. The van der Waals surface area contributed by atoms with Crippen molar-refractivity contribution in [3.8, 4) is 5.75 Å². The SMILES string of the molecule is C=C(c1c(Cl)cc(C)cc1OC)C(O)O/C(=C\CO)CC=N/C=C\C. The van der Waals surface area contributed by atoms with Crippen molar-refractivity contribution in [3.05, 3.63) is 59.0 Å². The summed E-state index contributed by atoms with van der Waals surface area (Å²) >= 11 is 6.28. The summed E-state index contributed by atoms with van der Waals surface area (Å²) in [5, 5.41) is 19.9. The predicted molar refractivity (Wildman–Crippen MR) is 102 cm³/mol. The summed E-state index contributed by atoms with van der Waals surface area (Å²) in [6, 6.07) is 3.55. The van der Waals surface area contributed by atoms with Gasteiger partial charge in [-0.2, -0.15) is 0 Å². The number of hydrogen-bond acceptors (Lipinski definition) is 5. The maximum absolute atomic E-state index is 10.4. The normalized spacial score (nSPS) is 13.4. The van der Waals surface area contributed by atoms with Crippen LogP contribution in [0, 0.1) is 6.92 Å². The van der Waals surface area contributed by atoms with Gasteiger partial charge in [-0.1, -0.05) is 24.3 Å². The fourth-order valence-electron chi connectivity index (χ4n) is 2.09. The van der Waals surface area contributed by atoms with Gasteiger partial charge in [-0.3, -0.25) is 4.99 Å². The highest BCUT2D eigenvalue weighted by Crippen LogP contribution is 2.35. The molecule has 0 saturated carbocycles. The Kier molecular flexibility index (Phi) is 8.99. The Hall–Kier alpha value is -2.08. The van der Waals surface area contributed by atoms with E-state index in [0.29, 0.717) is 28.5 Å². The van der Waals surface area contributed by atoms with Gasteiger partial charge in [-0.25, -0.2) is 0 Å². The van der Waals surface area contributed by atoms with E-state index in [1.807, 2.05) is 13.8 Å². The van der Waals surface area contributed by atoms with Gasteiger partial charge in [0.1, 0.15) is 11.5 Å². The largest absolute Gasteiger partial charge is 0.496 e. The smallest absolute Gasteiger partial charge is 0.223 e. The number of benzene rings is 1. The summed E-state index contributed by atoms with van der Waals surface area (Å²) in [6.45, 7) is 7.39. The summed E-state index contributed by atoms with van der Waals surface area (Å²) in [6.07, 6.45) is 5.44. The summed E-state index contributed by atoms with van der Waals surface area (Å²) in [5.41, 5.74) is 1.67. The van der Waals surface area contributed by atoms with E-state index >= 15 is 0 Å². The van der Waals surface area contributed by atoms with Crippen LogP contribution in [-0.4, -0.2) is 36.4 Å². The first-order valence-electron chi connectivity index (χ1n) is 7.75. The van der Waals surface area contributed by atoms with Gasteiger partial charge in [0.2, 0.25) is 6.29 Å². The Balaban J connectivity index is 2.96. The number of methoxy groups -OCH3 is 1. The lowest BCUT2D eigenvalue weighted by Gasteiger charge is -2.20. The lowest BCUT2D eigenvalue weighted by atomic mass is 10.0. The number of hydrogen-bond donors (Lipinski definition) is 2. The molecule has 136 valence electrons. The van der Waals surface area contributed by atoms with Crippen LogP contribution in [0.15, 0.2) is 47.8 Å². The van der Waals surface area contributed by atoms with Crippen molar-refractivity contribution >= 4 is 23.4 Å². The van der Waals surface area contributed by atoms with E-state index in [1.165, 1.54) is 13.2 Å². The minimum absolute atomic E-state index is 0.222. The molecule has 0 aliphatic carbocycles. The van der Waals surface area contributed by atoms with Crippen molar-refractivity contribution in [2.24, 2.45) is 4.99 Å². The van der Waals surface area contributed by atoms with Gasteiger partial charge in [0.25, 0.3) is 0 Å². The van der Waals surface area contributed by atoms with Gasteiger partial charge in [-0.05, 0) is 37.6 Å². The van der Waals surface area contributed by atoms with Crippen molar-refractivity contribution in [1.29, 1.82) is 0 Å². The lowest BCUT2D eigenvalue weighted by Crippen LogP contribution is -2.15. The molecular formula is C19H24ClNO4. The number of aliphatic hydroxyl groups excluding tert-OH is 2. The number of allylic oxidation sites excluding steroid dienone is 2. The number of aliphatic imine (C=N–C) groups is 1. The van der Waals surface area contributed by atoms with Crippen molar-refractivity contribution < 1.29 is 19.7 Å². The predicted octanol–water partition coefficient (Wildman–Crippen LogP) is 3.88. The monoisotopic (exact) mass is 365 g/mol. The quantitative estimate of drug-likeness (QED) is 0.396. The molecule has 0 saturated heterocycles. The molecule has 5 nitrogen and oxygen atoms in total. The first-order valence-corrected chi connectivity index (χ1v) is 8.13. The third kappa shape index (κ3) is 6.38. The van der Waals surface area contributed by atoms with E-state index in [4.69, 9.17) is 26.2 Å². The molecule has 25 heavy (non-hydrogen) atoms. The van der Waals surface area contributed by atoms with E-state index in [0.717, 1.165) is 5.56 Å². The van der Waals surface area contributed by atoms with E-state index in [9.17, 15) is 5.11 Å². The maximum Gasteiger partial charge on any atom is 0.223 e. The van der Waals surface area contributed by atoms with Crippen LogP contribution in [0.3, 0.4) is 0 Å². The highest BCUT2D eigenvalue weighted by Gasteiger charge is 2.20. The molecule has 1 aromatic carbocycles. The number of aliphatic hydroxyl groups is 2. The molecule has 0 spiro atoms. The molecule has 0 bridgehead atoms. The Morgan fingerprint density at radius 3 is 2.76 bits per heavy atom. The van der Waals surface area contributed by atoms with E-state index in [1.54, 1.807) is 30.6 Å². The van der Waals surface area contributed by atoms with E-state index in [-0.39, 0.29) is 12.2 Å². The topological polar surface area (TPSA) is 71.3 Å². The number of rotatable bonds is 9. The van der Waals surface area contributed by atoms with Gasteiger partial charge in [0.05, 0.1) is 18.7 Å². The molecule has 1 aromatic rings. The van der Waals surface area contributed by atoms with Crippen LogP contribution >= 0.6 is 11.6 Å². The highest BCUT2D eigenvalue weighted by atomic mass is 35.5. The maximum atomic E-state index is 10.4. The molecule has 0 heterocycles. The van der Waals surface area contributed by atoms with Crippen molar-refractivity contribution in [3.63, 3.8) is 0 Å². The molecule has 0 aliphatic rings. The zero-order valence-corrected chi connectivity index (χ0v) is 15.5. The molecule has 0 aliphatic heterocycles. The molecule has 2 N–H and O–H groups in total. The zero-order chi connectivity index (χ0) is 18.8. The number of aryl methyl sites for hydroxylation is 1. The molecule has 6 heteroatoms. The average Bonchev–Trinajstić information content (AvgIpc) is 2.57.